The molecule has 0 aliphatic carbocycles. The predicted octanol–water partition coefficient (Wildman–Crippen LogP) is 3.51. The first-order valence-electron chi connectivity index (χ1n) is 6.58. The van der Waals surface area contributed by atoms with E-state index >= 15 is 0 Å². The fourth-order valence-electron chi connectivity index (χ4n) is 2.53. The van der Waals surface area contributed by atoms with E-state index < -0.39 is 0 Å². The van der Waals surface area contributed by atoms with E-state index in [1.165, 1.54) is 11.1 Å². The molecule has 0 saturated carbocycles. The zero-order valence-corrected chi connectivity index (χ0v) is 11.0. The van der Waals surface area contributed by atoms with Crippen molar-refractivity contribution in [1.82, 2.24) is 0 Å². The topological polar surface area (TPSA) is 47.3 Å². The first-order valence-corrected chi connectivity index (χ1v) is 6.58. The highest BCUT2D eigenvalue weighted by Gasteiger charge is 2.21. The molecule has 19 heavy (non-hydrogen) atoms. The quantitative estimate of drug-likeness (QED) is 0.806. The van der Waals surface area contributed by atoms with Crippen LogP contribution in [-0.2, 0) is 0 Å². The molecule has 0 aromatic heterocycles. The van der Waals surface area contributed by atoms with Crippen LogP contribution < -0.4 is 15.8 Å². The molecule has 3 rings (SSSR count). The van der Waals surface area contributed by atoms with Gasteiger partial charge in [0.15, 0.2) is 0 Å². The van der Waals surface area contributed by atoms with Crippen molar-refractivity contribution in [1.29, 1.82) is 0 Å². The van der Waals surface area contributed by atoms with E-state index in [1.807, 2.05) is 30.3 Å². The van der Waals surface area contributed by atoms with Crippen molar-refractivity contribution in [3.05, 3.63) is 53.6 Å². The van der Waals surface area contributed by atoms with Gasteiger partial charge in [-0.3, -0.25) is 0 Å². The molecule has 1 atom stereocenters. The number of fused-ring (bicyclic) bond motifs is 1. The zero-order chi connectivity index (χ0) is 13.2. The lowest BCUT2D eigenvalue weighted by molar-refractivity contribution is 0.274. The molecule has 2 aromatic rings. The Morgan fingerprint density at radius 2 is 2.05 bits per heavy atom. The average molecular weight is 254 g/mol. The van der Waals surface area contributed by atoms with Gasteiger partial charge in [-0.25, -0.2) is 0 Å². The van der Waals surface area contributed by atoms with Crippen LogP contribution in [0.4, 0.5) is 11.4 Å². The maximum Gasteiger partial charge on any atom is 0.124 e. The van der Waals surface area contributed by atoms with Gasteiger partial charge in [0.05, 0.1) is 12.6 Å². The molecule has 0 fully saturated rings. The number of benzene rings is 2. The van der Waals surface area contributed by atoms with Crippen molar-refractivity contribution in [3.8, 4) is 5.75 Å². The van der Waals surface area contributed by atoms with Crippen LogP contribution in [0.2, 0.25) is 0 Å². The Hall–Kier alpha value is -2.16. The fraction of sp³-hybridized carbons (Fsp3) is 0.250. The van der Waals surface area contributed by atoms with Crippen LogP contribution in [0, 0.1) is 6.92 Å². The minimum absolute atomic E-state index is 0.298. The molecule has 0 radical (unpaired) electrons. The van der Waals surface area contributed by atoms with Gasteiger partial charge in [-0.15, -0.1) is 0 Å². The molecule has 0 bridgehead atoms. The first-order chi connectivity index (χ1) is 9.24. The maximum atomic E-state index is 5.79. The van der Waals surface area contributed by atoms with Gasteiger partial charge in [0.25, 0.3) is 0 Å². The van der Waals surface area contributed by atoms with Crippen molar-refractivity contribution in [2.24, 2.45) is 0 Å². The predicted molar refractivity (Wildman–Crippen MR) is 78.5 cm³/mol. The van der Waals surface area contributed by atoms with Crippen LogP contribution in [0.3, 0.4) is 0 Å². The standard InChI is InChI=1S/C16H18N2O/c1-11-10-12(17)6-7-14(11)18-15-8-9-19-16-5-3-2-4-13(15)16/h2-7,10,15,18H,8-9,17H2,1H3. The smallest absolute Gasteiger partial charge is 0.124 e. The van der Waals surface area contributed by atoms with Gasteiger partial charge in [-0.1, -0.05) is 18.2 Å². The number of ether oxygens (including phenoxy) is 1. The van der Waals surface area contributed by atoms with Crippen LogP contribution >= 0.6 is 0 Å². The minimum Gasteiger partial charge on any atom is -0.493 e. The van der Waals surface area contributed by atoms with Crippen molar-refractivity contribution in [3.63, 3.8) is 0 Å². The van der Waals surface area contributed by atoms with Crippen LogP contribution in [0.1, 0.15) is 23.6 Å². The molecule has 0 saturated heterocycles. The molecular formula is C16H18N2O. The molecule has 3 heteroatoms. The van der Waals surface area contributed by atoms with E-state index in [-0.39, 0.29) is 0 Å². The highest BCUT2D eigenvalue weighted by molar-refractivity contribution is 5.59. The molecule has 2 aromatic carbocycles. The number of nitrogen functional groups attached to an aromatic ring is 1. The van der Waals surface area contributed by atoms with E-state index in [9.17, 15) is 0 Å². The monoisotopic (exact) mass is 254 g/mol. The summed E-state index contributed by atoms with van der Waals surface area (Å²) in [5.41, 5.74) is 10.1. The van der Waals surface area contributed by atoms with Gasteiger partial charge >= 0.3 is 0 Å². The molecule has 1 aliphatic heterocycles. The summed E-state index contributed by atoms with van der Waals surface area (Å²) in [4.78, 5) is 0. The lowest BCUT2D eigenvalue weighted by Crippen LogP contribution is -2.20. The Bertz CT molecular complexity index is 595. The van der Waals surface area contributed by atoms with E-state index in [0.29, 0.717) is 6.04 Å². The molecule has 0 spiro atoms. The number of aryl methyl sites for hydroxylation is 1. The summed E-state index contributed by atoms with van der Waals surface area (Å²) >= 11 is 0. The van der Waals surface area contributed by atoms with Crippen molar-refractivity contribution in [2.45, 2.75) is 19.4 Å². The zero-order valence-electron chi connectivity index (χ0n) is 11.0. The third-order valence-corrected chi connectivity index (χ3v) is 3.54. The Morgan fingerprint density at radius 1 is 1.21 bits per heavy atom. The fourth-order valence-corrected chi connectivity index (χ4v) is 2.53. The number of nitrogens with two attached hydrogens (primary N) is 1. The Morgan fingerprint density at radius 3 is 2.89 bits per heavy atom. The summed E-state index contributed by atoms with van der Waals surface area (Å²) in [7, 11) is 0. The number of hydrogen-bond donors (Lipinski definition) is 2. The second kappa shape index (κ2) is 4.84. The van der Waals surface area contributed by atoms with E-state index in [1.54, 1.807) is 0 Å². The Balaban J connectivity index is 1.88. The maximum absolute atomic E-state index is 5.79. The highest BCUT2D eigenvalue weighted by Crippen LogP contribution is 2.34. The van der Waals surface area contributed by atoms with Crippen LogP contribution in [-0.4, -0.2) is 6.61 Å². The average Bonchev–Trinajstić information content (AvgIpc) is 2.42. The van der Waals surface area contributed by atoms with Gasteiger partial charge in [0, 0.05) is 23.4 Å². The summed E-state index contributed by atoms with van der Waals surface area (Å²) in [6.07, 6.45) is 0.973. The second-order valence-corrected chi connectivity index (χ2v) is 4.95. The molecule has 3 nitrogen and oxygen atoms in total. The molecule has 3 N–H and O–H groups in total. The number of nitrogens with one attached hydrogen (secondary N) is 1. The summed E-state index contributed by atoms with van der Waals surface area (Å²) in [5.74, 6) is 0.986. The van der Waals surface area contributed by atoms with Gasteiger partial charge in [0.1, 0.15) is 5.75 Å². The molecule has 1 unspecified atom stereocenters. The number of para-hydroxylation sites is 1. The van der Waals surface area contributed by atoms with Gasteiger partial charge in [0.2, 0.25) is 0 Å². The molecule has 1 aliphatic rings. The van der Waals surface area contributed by atoms with Crippen LogP contribution in [0.25, 0.3) is 0 Å². The molecular weight excluding hydrogens is 236 g/mol. The van der Waals surface area contributed by atoms with Gasteiger partial charge in [-0.05, 0) is 36.8 Å². The number of hydrogen-bond acceptors (Lipinski definition) is 3. The number of anilines is 2. The largest absolute Gasteiger partial charge is 0.493 e. The van der Waals surface area contributed by atoms with E-state index in [2.05, 4.69) is 24.4 Å². The van der Waals surface area contributed by atoms with Crippen molar-refractivity contribution in [2.75, 3.05) is 17.7 Å². The van der Waals surface area contributed by atoms with E-state index in [0.717, 1.165) is 30.2 Å². The van der Waals surface area contributed by atoms with Crippen molar-refractivity contribution >= 4 is 11.4 Å². The lowest BCUT2D eigenvalue weighted by atomic mass is 10.00. The lowest BCUT2D eigenvalue weighted by Gasteiger charge is -2.28. The normalized spacial score (nSPS) is 17.4. The summed E-state index contributed by atoms with van der Waals surface area (Å²) in [6.45, 7) is 2.83. The summed E-state index contributed by atoms with van der Waals surface area (Å²) in [6, 6.07) is 14.5. The number of rotatable bonds is 2. The SMILES string of the molecule is Cc1cc(N)ccc1NC1CCOc2ccccc21. The Labute approximate surface area is 113 Å². The third kappa shape index (κ3) is 2.36. The second-order valence-electron chi connectivity index (χ2n) is 4.95. The Kier molecular flexibility index (Phi) is 3.03. The highest BCUT2D eigenvalue weighted by atomic mass is 16.5. The molecule has 1 heterocycles. The van der Waals surface area contributed by atoms with Gasteiger partial charge in [-0.2, -0.15) is 0 Å². The van der Waals surface area contributed by atoms with Gasteiger partial charge < -0.3 is 15.8 Å². The molecule has 0 amide bonds. The van der Waals surface area contributed by atoms with Crippen LogP contribution in [0.5, 0.6) is 5.75 Å². The third-order valence-electron chi connectivity index (χ3n) is 3.54. The minimum atomic E-state index is 0.298. The van der Waals surface area contributed by atoms with Crippen LogP contribution in [0.15, 0.2) is 42.5 Å². The first kappa shape index (κ1) is 11.9. The summed E-state index contributed by atoms with van der Waals surface area (Å²) in [5, 5.41) is 3.60. The van der Waals surface area contributed by atoms with Crippen molar-refractivity contribution < 1.29 is 4.74 Å². The molecule has 98 valence electrons. The van der Waals surface area contributed by atoms with E-state index in [4.69, 9.17) is 10.5 Å². The summed E-state index contributed by atoms with van der Waals surface area (Å²) < 4.78 is 5.68.